The normalized spacial score (nSPS) is 19.7. The van der Waals surface area contributed by atoms with E-state index in [1.807, 2.05) is 30.3 Å². The minimum Gasteiger partial charge on any atom is -0.369 e. The van der Waals surface area contributed by atoms with Crippen molar-refractivity contribution in [2.75, 3.05) is 49.8 Å². The molecule has 0 bridgehead atoms. The molecule has 2 fully saturated rings. The maximum Gasteiger partial charge on any atom is 0.255 e. The Hall–Kier alpha value is -2.51. The van der Waals surface area contributed by atoms with Crippen LogP contribution in [-0.4, -0.2) is 72.5 Å². The standard InChI is InChI=1S/C23H28N4O2S/c1-25-11-13-26(14-12-25)20-10-6-5-9-19(20)15-24-22(28)21-16-30-17-27(21)23(29)18-7-3-2-4-8-18/h2-10,21H,11-17H2,1H3,(H,24,28)/t21-/m0/s1. The molecule has 0 aromatic heterocycles. The van der Waals surface area contributed by atoms with Crippen LogP contribution in [0, 0.1) is 0 Å². The summed E-state index contributed by atoms with van der Waals surface area (Å²) >= 11 is 1.62. The van der Waals surface area contributed by atoms with Crippen molar-refractivity contribution >= 4 is 29.3 Å². The van der Waals surface area contributed by atoms with Crippen molar-refractivity contribution in [1.29, 1.82) is 0 Å². The first-order chi connectivity index (χ1) is 14.6. The van der Waals surface area contributed by atoms with Gasteiger partial charge in [-0.15, -0.1) is 11.8 Å². The highest BCUT2D eigenvalue weighted by molar-refractivity contribution is 7.99. The monoisotopic (exact) mass is 424 g/mol. The molecule has 30 heavy (non-hydrogen) atoms. The van der Waals surface area contributed by atoms with E-state index in [0.29, 0.717) is 23.7 Å². The molecule has 1 atom stereocenters. The number of nitrogens with zero attached hydrogens (tertiary/aromatic N) is 3. The number of amides is 2. The summed E-state index contributed by atoms with van der Waals surface area (Å²) in [6.45, 7) is 4.52. The van der Waals surface area contributed by atoms with E-state index in [4.69, 9.17) is 0 Å². The summed E-state index contributed by atoms with van der Waals surface area (Å²) in [4.78, 5) is 32.2. The molecular formula is C23H28N4O2S. The zero-order valence-corrected chi connectivity index (χ0v) is 18.1. The number of hydrogen-bond donors (Lipinski definition) is 1. The number of nitrogens with one attached hydrogen (secondary N) is 1. The van der Waals surface area contributed by atoms with Gasteiger partial charge < -0.3 is 20.0 Å². The van der Waals surface area contributed by atoms with Crippen molar-refractivity contribution in [2.45, 2.75) is 12.6 Å². The molecule has 158 valence electrons. The third-order valence-corrected chi connectivity index (χ3v) is 6.77. The highest BCUT2D eigenvalue weighted by atomic mass is 32.2. The quantitative estimate of drug-likeness (QED) is 0.798. The minimum absolute atomic E-state index is 0.0846. The van der Waals surface area contributed by atoms with Crippen LogP contribution in [0.25, 0.3) is 0 Å². The van der Waals surface area contributed by atoms with Gasteiger partial charge in [-0.05, 0) is 30.8 Å². The van der Waals surface area contributed by atoms with E-state index in [0.717, 1.165) is 31.7 Å². The maximum atomic E-state index is 13.0. The molecular weight excluding hydrogens is 396 g/mol. The van der Waals surface area contributed by atoms with Crippen molar-refractivity contribution in [2.24, 2.45) is 0 Å². The van der Waals surface area contributed by atoms with E-state index in [9.17, 15) is 9.59 Å². The molecule has 0 radical (unpaired) electrons. The van der Waals surface area contributed by atoms with Crippen molar-refractivity contribution in [1.82, 2.24) is 15.1 Å². The van der Waals surface area contributed by atoms with Crippen molar-refractivity contribution in [3.8, 4) is 0 Å². The average Bonchev–Trinajstić information content (AvgIpc) is 3.28. The van der Waals surface area contributed by atoms with Crippen molar-refractivity contribution < 1.29 is 9.59 Å². The summed E-state index contributed by atoms with van der Waals surface area (Å²) < 4.78 is 0. The first-order valence-corrected chi connectivity index (χ1v) is 11.5. The highest BCUT2D eigenvalue weighted by Gasteiger charge is 2.35. The van der Waals surface area contributed by atoms with Crippen LogP contribution in [0.3, 0.4) is 0 Å². The van der Waals surface area contributed by atoms with E-state index in [1.54, 1.807) is 28.8 Å². The molecule has 2 saturated heterocycles. The fourth-order valence-electron chi connectivity index (χ4n) is 3.92. The number of carbonyl (C=O) groups is 2. The number of thioether (sulfide) groups is 1. The molecule has 1 N–H and O–H groups in total. The van der Waals surface area contributed by atoms with Crippen LogP contribution in [0.5, 0.6) is 0 Å². The molecule has 2 heterocycles. The number of anilines is 1. The van der Waals surface area contributed by atoms with Gasteiger partial charge in [-0.1, -0.05) is 36.4 Å². The largest absolute Gasteiger partial charge is 0.369 e. The van der Waals surface area contributed by atoms with Gasteiger partial charge in [0.25, 0.3) is 5.91 Å². The molecule has 2 aromatic carbocycles. The SMILES string of the molecule is CN1CCN(c2ccccc2CNC(=O)[C@@H]2CSCN2C(=O)c2ccccc2)CC1. The molecule has 2 aliphatic rings. The second-order valence-electron chi connectivity index (χ2n) is 7.79. The van der Waals surface area contributed by atoms with Gasteiger partial charge in [-0.25, -0.2) is 0 Å². The summed E-state index contributed by atoms with van der Waals surface area (Å²) in [5, 5.41) is 3.08. The summed E-state index contributed by atoms with van der Waals surface area (Å²) in [6.07, 6.45) is 0. The Labute approximate surface area is 182 Å². The number of para-hydroxylation sites is 1. The molecule has 2 aromatic rings. The Morgan fingerprint density at radius 2 is 1.70 bits per heavy atom. The molecule has 0 spiro atoms. The van der Waals surface area contributed by atoms with Gasteiger partial charge in [-0.3, -0.25) is 9.59 Å². The Morgan fingerprint density at radius 3 is 2.47 bits per heavy atom. The molecule has 4 rings (SSSR count). The third kappa shape index (κ3) is 4.63. The lowest BCUT2D eigenvalue weighted by Crippen LogP contribution is -2.47. The number of likely N-dealkylation sites (N-methyl/N-ethyl adjacent to an activating group) is 1. The number of carbonyl (C=O) groups excluding carboxylic acids is 2. The average molecular weight is 425 g/mol. The predicted molar refractivity (Wildman–Crippen MR) is 122 cm³/mol. The third-order valence-electron chi connectivity index (χ3n) is 5.76. The molecule has 2 aliphatic heterocycles. The van der Waals surface area contributed by atoms with E-state index in [-0.39, 0.29) is 11.8 Å². The van der Waals surface area contributed by atoms with Crippen molar-refractivity contribution in [3.63, 3.8) is 0 Å². The number of piperazine rings is 1. The second kappa shape index (κ2) is 9.53. The Morgan fingerprint density at radius 1 is 1.00 bits per heavy atom. The topological polar surface area (TPSA) is 55.9 Å². The molecule has 6 nitrogen and oxygen atoms in total. The van der Waals surface area contributed by atoms with Crippen LogP contribution in [0.1, 0.15) is 15.9 Å². The van der Waals surface area contributed by atoms with Gasteiger partial charge in [0.15, 0.2) is 0 Å². The van der Waals surface area contributed by atoms with Gasteiger partial charge in [-0.2, -0.15) is 0 Å². The highest BCUT2D eigenvalue weighted by Crippen LogP contribution is 2.25. The summed E-state index contributed by atoms with van der Waals surface area (Å²) in [5.41, 5.74) is 2.92. The lowest BCUT2D eigenvalue weighted by Gasteiger charge is -2.35. The zero-order chi connectivity index (χ0) is 20.9. The molecule has 0 unspecified atom stereocenters. The zero-order valence-electron chi connectivity index (χ0n) is 17.3. The second-order valence-corrected chi connectivity index (χ2v) is 8.79. The maximum absolute atomic E-state index is 13.0. The first-order valence-electron chi connectivity index (χ1n) is 10.4. The molecule has 2 amide bonds. The minimum atomic E-state index is -0.432. The summed E-state index contributed by atoms with van der Waals surface area (Å²) in [6, 6.07) is 17.0. The summed E-state index contributed by atoms with van der Waals surface area (Å²) in [7, 11) is 2.14. The van der Waals surface area contributed by atoms with Gasteiger partial charge in [0.05, 0.1) is 5.88 Å². The Balaban J connectivity index is 1.41. The van der Waals surface area contributed by atoms with E-state index < -0.39 is 6.04 Å². The van der Waals surface area contributed by atoms with E-state index >= 15 is 0 Å². The van der Waals surface area contributed by atoms with Crippen molar-refractivity contribution in [3.05, 3.63) is 65.7 Å². The molecule has 0 saturated carbocycles. The van der Waals surface area contributed by atoms with Crippen LogP contribution in [-0.2, 0) is 11.3 Å². The summed E-state index contributed by atoms with van der Waals surface area (Å²) in [5.74, 6) is 1.00. The smallest absolute Gasteiger partial charge is 0.255 e. The van der Waals surface area contributed by atoms with Gasteiger partial charge in [0.2, 0.25) is 5.91 Å². The van der Waals surface area contributed by atoms with Gasteiger partial charge in [0, 0.05) is 49.7 Å². The van der Waals surface area contributed by atoms with E-state index in [2.05, 4.69) is 34.3 Å². The molecule has 7 heteroatoms. The van der Waals surface area contributed by atoms with E-state index in [1.165, 1.54) is 5.69 Å². The number of benzene rings is 2. The van der Waals surface area contributed by atoms with Crippen LogP contribution in [0.2, 0.25) is 0 Å². The predicted octanol–water partition coefficient (Wildman–Crippen LogP) is 2.27. The number of hydrogen-bond acceptors (Lipinski definition) is 5. The van der Waals surface area contributed by atoms with Crippen LogP contribution < -0.4 is 10.2 Å². The molecule has 0 aliphatic carbocycles. The van der Waals surface area contributed by atoms with Gasteiger partial charge in [0.1, 0.15) is 6.04 Å². The lowest BCUT2D eigenvalue weighted by molar-refractivity contribution is -0.124. The van der Waals surface area contributed by atoms with Gasteiger partial charge >= 0.3 is 0 Å². The Bertz CT molecular complexity index is 884. The Kier molecular flexibility index (Phi) is 6.59. The number of rotatable bonds is 5. The van der Waals surface area contributed by atoms with Crippen LogP contribution in [0.15, 0.2) is 54.6 Å². The van der Waals surface area contributed by atoms with Crippen LogP contribution >= 0.6 is 11.8 Å². The fraction of sp³-hybridized carbons (Fsp3) is 0.391. The fourth-order valence-corrected chi connectivity index (χ4v) is 5.08. The van der Waals surface area contributed by atoms with Crippen LogP contribution in [0.4, 0.5) is 5.69 Å². The first kappa shape index (κ1) is 20.8. The lowest BCUT2D eigenvalue weighted by atomic mass is 10.1.